The summed E-state index contributed by atoms with van der Waals surface area (Å²) in [5.41, 5.74) is 2.31. The van der Waals surface area contributed by atoms with E-state index < -0.39 is 0 Å². The average molecular weight is 383 g/mol. The second kappa shape index (κ2) is 9.00. The number of thioether (sulfide) groups is 1. The van der Waals surface area contributed by atoms with E-state index in [1.54, 1.807) is 18.3 Å². The highest BCUT2D eigenvalue weighted by Crippen LogP contribution is 2.14. The molecule has 7 nitrogen and oxygen atoms in total. The zero-order valence-electron chi connectivity index (χ0n) is 14.5. The molecule has 1 aliphatic heterocycles. The number of benzene rings is 2. The topological polar surface area (TPSA) is 89.3 Å². The lowest BCUT2D eigenvalue weighted by atomic mass is 10.1. The van der Waals surface area contributed by atoms with Gasteiger partial charge in [-0.2, -0.15) is 5.10 Å². The third-order valence-electron chi connectivity index (χ3n) is 3.60. The molecule has 0 spiro atoms. The predicted molar refractivity (Wildman–Crippen MR) is 104 cm³/mol. The largest absolute Gasteiger partial charge is 0.489 e. The highest BCUT2D eigenvalue weighted by Gasteiger charge is 2.15. The number of hydrogen-bond donors (Lipinski definition) is 1. The summed E-state index contributed by atoms with van der Waals surface area (Å²) in [7, 11) is 1.35. The van der Waals surface area contributed by atoms with E-state index in [9.17, 15) is 9.59 Å². The first-order valence-corrected chi connectivity index (χ1v) is 9.06. The van der Waals surface area contributed by atoms with Crippen LogP contribution in [0.5, 0.6) is 5.75 Å². The first kappa shape index (κ1) is 18.7. The van der Waals surface area contributed by atoms with Crippen molar-refractivity contribution in [2.45, 2.75) is 6.61 Å². The van der Waals surface area contributed by atoms with Gasteiger partial charge in [0.1, 0.15) is 12.4 Å². The van der Waals surface area contributed by atoms with Crippen molar-refractivity contribution in [2.24, 2.45) is 10.2 Å². The minimum atomic E-state index is -0.362. The summed E-state index contributed by atoms with van der Waals surface area (Å²) in [6, 6.07) is 14.5. The second-order valence-electron chi connectivity index (χ2n) is 5.53. The summed E-state index contributed by atoms with van der Waals surface area (Å²) < 4.78 is 10.4. The maximum Gasteiger partial charge on any atom is 0.337 e. The van der Waals surface area contributed by atoms with Gasteiger partial charge in [-0.05, 0) is 47.5 Å². The van der Waals surface area contributed by atoms with Gasteiger partial charge in [0.05, 0.1) is 24.6 Å². The van der Waals surface area contributed by atoms with Gasteiger partial charge < -0.3 is 14.8 Å². The maximum absolute atomic E-state index is 11.4. The van der Waals surface area contributed by atoms with Gasteiger partial charge in [0.2, 0.25) is 5.91 Å². The second-order valence-corrected chi connectivity index (χ2v) is 6.50. The first-order chi connectivity index (χ1) is 13.1. The van der Waals surface area contributed by atoms with Crippen molar-refractivity contribution in [3.8, 4) is 5.75 Å². The Morgan fingerprint density at radius 1 is 1.19 bits per heavy atom. The van der Waals surface area contributed by atoms with Gasteiger partial charge in [0, 0.05) is 0 Å². The fourth-order valence-electron chi connectivity index (χ4n) is 2.20. The SMILES string of the molecule is COC(=O)c1ccc(COc2ccc(C=NN=C3NC(=O)CS3)cc2)cc1. The number of ether oxygens (including phenoxy) is 2. The lowest BCUT2D eigenvalue weighted by molar-refractivity contribution is -0.116. The summed E-state index contributed by atoms with van der Waals surface area (Å²) >= 11 is 1.33. The average Bonchev–Trinajstić information content (AvgIpc) is 3.12. The number of rotatable bonds is 6. The molecule has 0 unspecified atom stereocenters. The molecule has 8 heteroatoms. The third kappa shape index (κ3) is 5.42. The number of nitrogens with one attached hydrogen (secondary N) is 1. The molecule has 1 heterocycles. The summed E-state index contributed by atoms with van der Waals surface area (Å²) in [5.74, 6) is 0.675. The molecule has 1 amide bonds. The minimum Gasteiger partial charge on any atom is -0.489 e. The number of hydrogen-bond acceptors (Lipinski definition) is 7. The van der Waals surface area contributed by atoms with Crippen molar-refractivity contribution < 1.29 is 19.1 Å². The van der Waals surface area contributed by atoms with Crippen LogP contribution in [0.3, 0.4) is 0 Å². The van der Waals surface area contributed by atoms with Crippen LogP contribution in [0.4, 0.5) is 0 Å². The van der Waals surface area contributed by atoms with Crippen molar-refractivity contribution in [2.75, 3.05) is 12.9 Å². The summed E-state index contributed by atoms with van der Waals surface area (Å²) in [5, 5.41) is 11.0. The van der Waals surface area contributed by atoms with Gasteiger partial charge in [-0.25, -0.2) is 4.79 Å². The Hall–Kier alpha value is -3.13. The Bertz CT molecular complexity index is 877. The van der Waals surface area contributed by atoms with E-state index in [1.165, 1.54) is 18.9 Å². The van der Waals surface area contributed by atoms with Crippen LogP contribution < -0.4 is 10.1 Å². The Balaban J connectivity index is 1.51. The molecule has 2 aromatic rings. The molecular formula is C19H17N3O4S. The molecule has 3 rings (SSSR count). The molecule has 2 aromatic carbocycles. The zero-order chi connectivity index (χ0) is 19.1. The Labute approximate surface area is 160 Å². The number of amidine groups is 1. The van der Waals surface area contributed by atoms with Gasteiger partial charge in [-0.1, -0.05) is 23.9 Å². The molecule has 0 radical (unpaired) electrons. The molecule has 1 fully saturated rings. The third-order valence-corrected chi connectivity index (χ3v) is 4.47. The van der Waals surface area contributed by atoms with Crippen molar-refractivity contribution in [3.05, 3.63) is 65.2 Å². The van der Waals surface area contributed by atoms with Gasteiger partial charge in [-0.15, -0.1) is 5.10 Å². The van der Waals surface area contributed by atoms with Gasteiger partial charge in [-0.3, -0.25) is 4.79 Å². The molecular weight excluding hydrogens is 366 g/mol. The number of methoxy groups -OCH3 is 1. The smallest absolute Gasteiger partial charge is 0.337 e. The first-order valence-electron chi connectivity index (χ1n) is 8.08. The Morgan fingerprint density at radius 3 is 2.56 bits per heavy atom. The lowest BCUT2D eigenvalue weighted by Crippen LogP contribution is -2.19. The predicted octanol–water partition coefficient (Wildman–Crippen LogP) is 2.61. The van der Waals surface area contributed by atoms with Crippen LogP contribution in [-0.2, 0) is 16.1 Å². The van der Waals surface area contributed by atoms with Crippen molar-refractivity contribution in [1.29, 1.82) is 0 Å². The Kier molecular flexibility index (Phi) is 6.22. The monoisotopic (exact) mass is 383 g/mol. The number of carbonyl (C=O) groups is 2. The number of carbonyl (C=O) groups excluding carboxylic acids is 2. The van der Waals surface area contributed by atoms with E-state index in [2.05, 4.69) is 20.3 Å². The normalized spacial score (nSPS) is 15.1. The molecule has 1 N–H and O–H groups in total. The quantitative estimate of drug-likeness (QED) is 0.470. The molecule has 27 heavy (non-hydrogen) atoms. The van der Waals surface area contributed by atoms with Crippen molar-refractivity contribution >= 4 is 35.0 Å². The standard InChI is InChI=1S/C19H17N3O4S/c1-25-18(24)15-6-2-14(3-7-15)11-26-16-8-4-13(5-9-16)10-20-22-19-21-17(23)12-27-19/h2-10H,11-12H2,1H3,(H,21,22,23). The maximum atomic E-state index is 11.4. The van der Waals surface area contributed by atoms with E-state index in [1.807, 2.05) is 36.4 Å². The van der Waals surface area contributed by atoms with Crippen LogP contribution >= 0.6 is 11.8 Å². The number of esters is 1. The van der Waals surface area contributed by atoms with Gasteiger partial charge in [0.15, 0.2) is 5.17 Å². The minimum absolute atomic E-state index is 0.0598. The van der Waals surface area contributed by atoms with E-state index in [4.69, 9.17) is 4.74 Å². The van der Waals surface area contributed by atoms with Crippen LogP contribution in [0.15, 0.2) is 58.7 Å². The van der Waals surface area contributed by atoms with Gasteiger partial charge in [0.25, 0.3) is 0 Å². The lowest BCUT2D eigenvalue weighted by Gasteiger charge is -2.07. The van der Waals surface area contributed by atoms with E-state index in [-0.39, 0.29) is 11.9 Å². The van der Waals surface area contributed by atoms with Crippen LogP contribution in [0.1, 0.15) is 21.5 Å². The number of nitrogens with zero attached hydrogens (tertiary/aromatic N) is 2. The summed E-state index contributed by atoms with van der Waals surface area (Å²) in [6.45, 7) is 0.388. The molecule has 0 atom stereocenters. The molecule has 138 valence electrons. The summed E-state index contributed by atoms with van der Waals surface area (Å²) in [4.78, 5) is 22.5. The molecule has 0 saturated carbocycles. The van der Waals surface area contributed by atoms with Crippen LogP contribution in [0, 0.1) is 0 Å². The van der Waals surface area contributed by atoms with E-state index >= 15 is 0 Å². The highest BCUT2D eigenvalue weighted by molar-refractivity contribution is 8.15. The molecule has 0 aromatic heterocycles. The van der Waals surface area contributed by atoms with Crippen molar-refractivity contribution in [1.82, 2.24) is 5.32 Å². The van der Waals surface area contributed by atoms with Crippen LogP contribution in [0.25, 0.3) is 0 Å². The Morgan fingerprint density at radius 2 is 1.93 bits per heavy atom. The fraction of sp³-hybridized carbons (Fsp3) is 0.158. The fourth-order valence-corrected chi connectivity index (χ4v) is 2.83. The molecule has 0 aliphatic carbocycles. The van der Waals surface area contributed by atoms with Gasteiger partial charge >= 0.3 is 5.97 Å². The number of amides is 1. The highest BCUT2D eigenvalue weighted by atomic mass is 32.2. The summed E-state index contributed by atoms with van der Waals surface area (Å²) in [6.07, 6.45) is 1.60. The molecule has 1 aliphatic rings. The zero-order valence-corrected chi connectivity index (χ0v) is 15.4. The van der Waals surface area contributed by atoms with E-state index in [0.29, 0.717) is 28.8 Å². The van der Waals surface area contributed by atoms with E-state index in [0.717, 1.165) is 11.1 Å². The van der Waals surface area contributed by atoms with Crippen LogP contribution in [0.2, 0.25) is 0 Å². The molecule has 1 saturated heterocycles. The van der Waals surface area contributed by atoms with Crippen LogP contribution in [-0.4, -0.2) is 36.1 Å². The molecule has 0 bridgehead atoms. The van der Waals surface area contributed by atoms with Crippen molar-refractivity contribution in [3.63, 3.8) is 0 Å².